The number of nitrogens with one attached hydrogen (secondary N) is 1. The Morgan fingerprint density at radius 2 is 1.73 bits per heavy atom. The number of hydrogen-bond acceptors (Lipinski definition) is 3. The summed E-state index contributed by atoms with van der Waals surface area (Å²) in [6.45, 7) is 0. The Bertz CT molecular complexity index is 992. The number of hydrogen-bond donors (Lipinski definition) is 1. The fourth-order valence-electron chi connectivity index (χ4n) is 2.96. The van der Waals surface area contributed by atoms with Crippen LogP contribution in [0, 0.1) is 0 Å². The van der Waals surface area contributed by atoms with Gasteiger partial charge in [0.15, 0.2) is 0 Å². The summed E-state index contributed by atoms with van der Waals surface area (Å²) >= 11 is 18.3. The Morgan fingerprint density at radius 1 is 0.962 bits per heavy atom. The lowest BCUT2D eigenvalue weighted by atomic mass is 10.1. The lowest BCUT2D eigenvalue weighted by Crippen LogP contribution is -2.33. The number of carbonyl (C=O) groups excluding carboxylic acids is 1. The van der Waals surface area contributed by atoms with Gasteiger partial charge in [0, 0.05) is 22.3 Å². The number of amides is 1. The number of pyridine rings is 1. The molecule has 4 rings (SSSR count). The zero-order valence-corrected chi connectivity index (χ0v) is 15.6. The van der Waals surface area contributed by atoms with Crippen molar-refractivity contribution >= 4 is 52.2 Å². The zero-order chi connectivity index (χ0) is 18.3. The van der Waals surface area contributed by atoms with Gasteiger partial charge in [-0.3, -0.25) is 9.69 Å². The molecule has 1 aliphatic heterocycles. The van der Waals surface area contributed by atoms with Crippen molar-refractivity contribution in [2.45, 2.75) is 6.17 Å². The van der Waals surface area contributed by atoms with E-state index in [0.717, 1.165) is 5.56 Å². The standard InChI is InChI=1S/C19H12Cl3N3O/c20-11-5-7-15(22)16(9-11)24-18-13-3-1-2-4-14(13)19(26)25(18)17-8-6-12(21)10-23-17/h1-10,18,24H. The Morgan fingerprint density at radius 3 is 2.50 bits per heavy atom. The van der Waals surface area contributed by atoms with Gasteiger partial charge in [0.2, 0.25) is 0 Å². The van der Waals surface area contributed by atoms with Gasteiger partial charge in [-0.1, -0.05) is 53.0 Å². The monoisotopic (exact) mass is 403 g/mol. The predicted molar refractivity (Wildman–Crippen MR) is 105 cm³/mol. The molecule has 0 radical (unpaired) electrons. The number of aromatic nitrogens is 1. The highest BCUT2D eigenvalue weighted by atomic mass is 35.5. The third-order valence-corrected chi connectivity index (χ3v) is 4.93. The van der Waals surface area contributed by atoms with Gasteiger partial charge in [0.1, 0.15) is 12.0 Å². The molecule has 0 saturated heterocycles. The first-order valence-corrected chi connectivity index (χ1v) is 8.93. The first kappa shape index (κ1) is 17.2. The molecular weight excluding hydrogens is 393 g/mol. The van der Waals surface area contributed by atoms with Gasteiger partial charge in [-0.2, -0.15) is 0 Å². The zero-order valence-electron chi connectivity index (χ0n) is 13.3. The fraction of sp³-hybridized carbons (Fsp3) is 0.0526. The summed E-state index contributed by atoms with van der Waals surface area (Å²) in [4.78, 5) is 18.9. The Balaban J connectivity index is 1.80. The van der Waals surface area contributed by atoms with Crippen LogP contribution in [0.4, 0.5) is 11.5 Å². The molecule has 1 aromatic heterocycles. The maximum Gasteiger partial charge on any atom is 0.261 e. The summed E-state index contributed by atoms with van der Waals surface area (Å²) in [5.41, 5.74) is 2.08. The van der Waals surface area contributed by atoms with Crippen LogP contribution in [-0.2, 0) is 0 Å². The largest absolute Gasteiger partial charge is 0.360 e. The minimum atomic E-state index is -0.469. The number of nitrogens with zero attached hydrogens (tertiary/aromatic N) is 2. The Kier molecular flexibility index (Phi) is 4.49. The van der Waals surface area contributed by atoms with E-state index in [-0.39, 0.29) is 5.91 Å². The molecule has 4 nitrogen and oxygen atoms in total. The van der Waals surface area contributed by atoms with Gasteiger partial charge in [0.05, 0.1) is 15.7 Å². The van der Waals surface area contributed by atoms with Crippen molar-refractivity contribution in [3.8, 4) is 0 Å². The lowest BCUT2D eigenvalue weighted by Gasteiger charge is -2.26. The second kappa shape index (κ2) is 6.80. The first-order chi connectivity index (χ1) is 12.5. The molecule has 1 unspecified atom stereocenters. The number of halogens is 3. The Labute approximate surface area is 165 Å². The van der Waals surface area contributed by atoms with E-state index in [1.807, 2.05) is 18.2 Å². The van der Waals surface area contributed by atoms with Crippen molar-refractivity contribution in [3.63, 3.8) is 0 Å². The molecule has 1 atom stereocenters. The molecule has 3 aromatic rings. The smallest absolute Gasteiger partial charge is 0.261 e. The number of benzene rings is 2. The maximum atomic E-state index is 13.0. The van der Waals surface area contributed by atoms with Crippen LogP contribution in [0.3, 0.4) is 0 Å². The van der Waals surface area contributed by atoms with E-state index in [1.54, 1.807) is 41.3 Å². The summed E-state index contributed by atoms with van der Waals surface area (Å²) < 4.78 is 0. The van der Waals surface area contributed by atoms with Crippen molar-refractivity contribution in [1.82, 2.24) is 4.98 Å². The average molecular weight is 405 g/mol. The van der Waals surface area contributed by atoms with Crippen LogP contribution in [-0.4, -0.2) is 10.9 Å². The predicted octanol–water partition coefficient (Wildman–Crippen LogP) is 5.81. The number of rotatable bonds is 3. The summed E-state index contributed by atoms with van der Waals surface area (Å²) in [6.07, 6.45) is 1.04. The average Bonchev–Trinajstić information content (AvgIpc) is 2.92. The molecule has 130 valence electrons. The van der Waals surface area contributed by atoms with Gasteiger partial charge in [-0.15, -0.1) is 0 Å². The molecule has 1 amide bonds. The van der Waals surface area contributed by atoms with Crippen molar-refractivity contribution in [1.29, 1.82) is 0 Å². The summed E-state index contributed by atoms with van der Waals surface area (Å²) in [5, 5.41) is 4.87. The second-order valence-corrected chi connectivity index (χ2v) is 7.05. The third-order valence-electron chi connectivity index (χ3n) is 4.14. The SMILES string of the molecule is O=C1c2ccccc2C(Nc2cc(Cl)ccc2Cl)N1c1ccc(Cl)cn1. The molecule has 2 heterocycles. The summed E-state index contributed by atoms with van der Waals surface area (Å²) in [6, 6.07) is 16.0. The molecule has 0 fully saturated rings. The topological polar surface area (TPSA) is 45.2 Å². The molecule has 0 saturated carbocycles. The fourth-order valence-corrected chi connectivity index (χ4v) is 3.42. The van der Waals surface area contributed by atoms with Gasteiger partial charge < -0.3 is 5.32 Å². The van der Waals surface area contributed by atoms with E-state index in [4.69, 9.17) is 34.8 Å². The van der Waals surface area contributed by atoms with Crippen LogP contribution in [0.25, 0.3) is 0 Å². The van der Waals surface area contributed by atoms with Gasteiger partial charge in [0.25, 0.3) is 5.91 Å². The molecular formula is C19H12Cl3N3O. The van der Waals surface area contributed by atoms with Crippen molar-refractivity contribution < 1.29 is 4.79 Å². The minimum absolute atomic E-state index is 0.147. The van der Waals surface area contributed by atoms with Crippen LogP contribution in [0.15, 0.2) is 60.8 Å². The quantitative estimate of drug-likeness (QED) is 0.599. The summed E-state index contributed by atoms with van der Waals surface area (Å²) in [5.74, 6) is 0.345. The van der Waals surface area contributed by atoms with E-state index < -0.39 is 6.17 Å². The van der Waals surface area contributed by atoms with Crippen LogP contribution in [0.1, 0.15) is 22.1 Å². The highest BCUT2D eigenvalue weighted by Crippen LogP contribution is 2.39. The van der Waals surface area contributed by atoms with Gasteiger partial charge in [-0.05, 0) is 36.4 Å². The number of anilines is 2. The molecule has 1 N–H and O–H groups in total. The normalized spacial score (nSPS) is 15.9. The highest BCUT2D eigenvalue weighted by Gasteiger charge is 2.38. The highest BCUT2D eigenvalue weighted by molar-refractivity contribution is 6.35. The third kappa shape index (κ3) is 3.01. The Hall–Kier alpha value is -2.27. The van der Waals surface area contributed by atoms with Crippen molar-refractivity contribution in [3.05, 3.63) is 87.0 Å². The molecule has 26 heavy (non-hydrogen) atoms. The molecule has 0 spiro atoms. The van der Waals surface area contributed by atoms with E-state index in [1.165, 1.54) is 6.20 Å². The summed E-state index contributed by atoms with van der Waals surface area (Å²) in [7, 11) is 0. The minimum Gasteiger partial charge on any atom is -0.360 e. The van der Waals surface area contributed by atoms with Crippen LogP contribution < -0.4 is 10.2 Å². The van der Waals surface area contributed by atoms with Gasteiger partial charge in [-0.25, -0.2) is 4.98 Å². The lowest BCUT2D eigenvalue weighted by molar-refractivity contribution is 0.0992. The number of fused-ring (bicyclic) bond motifs is 1. The van der Waals surface area contributed by atoms with Crippen molar-refractivity contribution in [2.75, 3.05) is 10.2 Å². The molecule has 0 aliphatic carbocycles. The van der Waals surface area contributed by atoms with E-state index in [9.17, 15) is 4.79 Å². The van der Waals surface area contributed by atoms with Crippen LogP contribution in [0.5, 0.6) is 0 Å². The first-order valence-electron chi connectivity index (χ1n) is 7.80. The van der Waals surface area contributed by atoms with E-state index in [0.29, 0.717) is 32.1 Å². The van der Waals surface area contributed by atoms with E-state index in [2.05, 4.69) is 10.3 Å². The van der Waals surface area contributed by atoms with Gasteiger partial charge >= 0.3 is 0 Å². The van der Waals surface area contributed by atoms with E-state index >= 15 is 0 Å². The molecule has 7 heteroatoms. The van der Waals surface area contributed by atoms with Crippen LogP contribution >= 0.6 is 34.8 Å². The second-order valence-electron chi connectivity index (χ2n) is 5.77. The number of carbonyl (C=O) groups is 1. The maximum absolute atomic E-state index is 13.0. The molecule has 0 bridgehead atoms. The molecule has 1 aliphatic rings. The van der Waals surface area contributed by atoms with Crippen molar-refractivity contribution in [2.24, 2.45) is 0 Å². The molecule has 2 aromatic carbocycles. The van der Waals surface area contributed by atoms with Crippen LogP contribution in [0.2, 0.25) is 15.1 Å².